The van der Waals surface area contributed by atoms with Crippen molar-refractivity contribution in [2.24, 2.45) is 0 Å². The lowest BCUT2D eigenvalue weighted by Gasteiger charge is -2.24. The summed E-state index contributed by atoms with van der Waals surface area (Å²) in [5.41, 5.74) is 1.82. The first-order valence-corrected chi connectivity index (χ1v) is 14.1. The first-order chi connectivity index (χ1) is 17.7. The van der Waals surface area contributed by atoms with E-state index in [1.165, 1.54) is 12.1 Å². The number of anilines is 2. The number of amides is 2. The first kappa shape index (κ1) is 26.8. The van der Waals surface area contributed by atoms with Gasteiger partial charge in [-0.25, -0.2) is 8.42 Å². The lowest BCUT2D eigenvalue weighted by molar-refractivity contribution is -0.114. The Hall–Kier alpha value is -3.21. The minimum atomic E-state index is -4.06. The maximum absolute atomic E-state index is 13.6. The molecular weight excluding hydrogens is 558 g/mol. The summed E-state index contributed by atoms with van der Waals surface area (Å²) >= 11 is 3.37. The van der Waals surface area contributed by atoms with Crippen LogP contribution in [0, 0.1) is 6.92 Å². The van der Waals surface area contributed by atoms with Crippen molar-refractivity contribution in [3.05, 3.63) is 88.4 Å². The molecule has 2 N–H and O–H groups in total. The van der Waals surface area contributed by atoms with Gasteiger partial charge < -0.3 is 15.4 Å². The Morgan fingerprint density at radius 1 is 1.05 bits per heavy atom. The van der Waals surface area contributed by atoms with Crippen molar-refractivity contribution in [3.63, 3.8) is 0 Å². The number of para-hydroxylation sites is 1. The van der Waals surface area contributed by atoms with Crippen LogP contribution < -0.4 is 14.9 Å². The molecule has 1 heterocycles. The largest absolute Gasteiger partial charge is 0.376 e. The Kier molecular flexibility index (Phi) is 8.63. The predicted octanol–water partition coefficient (Wildman–Crippen LogP) is 4.50. The van der Waals surface area contributed by atoms with E-state index in [1.54, 1.807) is 60.7 Å². The van der Waals surface area contributed by atoms with Crippen molar-refractivity contribution >= 4 is 49.1 Å². The van der Waals surface area contributed by atoms with E-state index in [2.05, 4.69) is 26.6 Å². The third-order valence-corrected chi connectivity index (χ3v) is 8.23. The predicted molar refractivity (Wildman–Crippen MR) is 146 cm³/mol. The molecule has 0 saturated carbocycles. The molecule has 1 aliphatic rings. The molecule has 3 aromatic carbocycles. The van der Waals surface area contributed by atoms with Crippen LogP contribution in [0.1, 0.15) is 28.8 Å². The van der Waals surface area contributed by atoms with Crippen molar-refractivity contribution in [1.29, 1.82) is 0 Å². The molecule has 1 aliphatic heterocycles. The third kappa shape index (κ3) is 6.76. The lowest BCUT2D eigenvalue weighted by Crippen LogP contribution is -2.38. The Balaban J connectivity index is 1.55. The van der Waals surface area contributed by atoms with E-state index in [0.717, 1.165) is 22.7 Å². The summed E-state index contributed by atoms with van der Waals surface area (Å²) in [6.45, 7) is 2.45. The number of halogens is 1. The van der Waals surface area contributed by atoms with Crippen molar-refractivity contribution < 1.29 is 22.7 Å². The minimum Gasteiger partial charge on any atom is -0.376 e. The molecule has 10 heteroatoms. The number of nitrogens with one attached hydrogen (secondary N) is 2. The Labute approximate surface area is 225 Å². The number of aryl methyl sites for hydroxylation is 1. The van der Waals surface area contributed by atoms with Crippen molar-refractivity contribution in [2.75, 3.05) is 29.3 Å². The van der Waals surface area contributed by atoms with Crippen LogP contribution in [0.4, 0.5) is 11.4 Å². The lowest BCUT2D eigenvalue weighted by atomic mass is 10.1. The zero-order valence-corrected chi connectivity index (χ0v) is 22.7. The smallest absolute Gasteiger partial charge is 0.264 e. The van der Waals surface area contributed by atoms with E-state index in [1.807, 2.05) is 6.92 Å². The Bertz CT molecular complexity index is 1370. The van der Waals surface area contributed by atoms with Crippen LogP contribution in [0.25, 0.3) is 0 Å². The molecule has 3 aromatic rings. The quantitative estimate of drug-likeness (QED) is 0.384. The van der Waals surface area contributed by atoms with Crippen molar-refractivity contribution in [1.82, 2.24) is 5.32 Å². The van der Waals surface area contributed by atoms with Gasteiger partial charge in [-0.1, -0.05) is 51.8 Å². The number of carbonyl (C=O) groups excluding carboxylic acids is 2. The summed E-state index contributed by atoms with van der Waals surface area (Å²) in [5.74, 6) is -0.933. The summed E-state index contributed by atoms with van der Waals surface area (Å²) < 4.78 is 34.4. The number of nitrogens with zero attached hydrogens (tertiary/aromatic N) is 1. The van der Waals surface area contributed by atoms with Gasteiger partial charge in [0.25, 0.3) is 15.9 Å². The minimum absolute atomic E-state index is 0.0172. The molecule has 2 amide bonds. The van der Waals surface area contributed by atoms with Crippen LogP contribution in [0.3, 0.4) is 0 Å². The maximum atomic E-state index is 13.6. The fourth-order valence-corrected chi connectivity index (χ4v) is 5.80. The second kappa shape index (κ2) is 11.9. The van der Waals surface area contributed by atoms with Gasteiger partial charge in [-0.05, 0) is 62.2 Å². The van der Waals surface area contributed by atoms with Gasteiger partial charge in [-0.3, -0.25) is 13.9 Å². The van der Waals surface area contributed by atoms with Crippen LogP contribution >= 0.6 is 15.9 Å². The molecule has 1 atom stereocenters. The van der Waals surface area contributed by atoms with Gasteiger partial charge >= 0.3 is 0 Å². The molecular formula is C27H28BrN3O5S. The summed E-state index contributed by atoms with van der Waals surface area (Å²) in [4.78, 5) is 26.1. The van der Waals surface area contributed by atoms with Crippen LogP contribution in [0.5, 0.6) is 0 Å². The molecule has 0 spiro atoms. The number of rotatable bonds is 9. The molecule has 0 aliphatic carbocycles. The number of ether oxygens (including phenoxy) is 1. The van der Waals surface area contributed by atoms with Gasteiger partial charge in [0.05, 0.1) is 27.9 Å². The van der Waals surface area contributed by atoms with E-state index in [9.17, 15) is 18.0 Å². The second-order valence-electron chi connectivity index (χ2n) is 8.74. The molecule has 1 fully saturated rings. The monoisotopic (exact) mass is 585 g/mol. The van der Waals surface area contributed by atoms with Crippen molar-refractivity contribution in [3.8, 4) is 0 Å². The highest BCUT2D eigenvalue weighted by Gasteiger charge is 2.28. The summed E-state index contributed by atoms with van der Waals surface area (Å²) in [6.07, 6.45) is 1.84. The zero-order valence-electron chi connectivity index (χ0n) is 20.3. The topological polar surface area (TPSA) is 105 Å². The number of benzene rings is 3. The van der Waals surface area contributed by atoms with E-state index in [4.69, 9.17) is 4.74 Å². The molecule has 0 unspecified atom stereocenters. The SMILES string of the molecule is Cc1ccc(S(=O)(=O)N(CC(=O)Nc2ccccc2C(=O)NC[C@@H]2CCCO2)c2cccc(Br)c2)cc1. The average Bonchev–Trinajstić information content (AvgIpc) is 3.40. The normalized spacial score (nSPS) is 15.2. The second-order valence-corrected chi connectivity index (χ2v) is 11.5. The van der Waals surface area contributed by atoms with E-state index in [-0.39, 0.29) is 22.5 Å². The van der Waals surface area contributed by atoms with Crippen LogP contribution in [-0.4, -0.2) is 46.0 Å². The maximum Gasteiger partial charge on any atom is 0.264 e. The molecule has 4 rings (SSSR count). The Morgan fingerprint density at radius 3 is 2.51 bits per heavy atom. The number of hydrogen-bond donors (Lipinski definition) is 2. The van der Waals surface area contributed by atoms with Gasteiger partial charge in [0.2, 0.25) is 5.91 Å². The van der Waals surface area contributed by atoms with Gasteiger partial charge in [0.1, 0.15) is 6.54 Å². The zero-order chi connectivity index (χ0) is 26.4. The Morgan fingerprint density at radius 2 is 1.81 bits per heavy atom. The summed E-state index contributed by atoms with van der Waals surface area (Å²) in [6, 6.07) is 19.8. The van der Waals surface area contributed by atoms with Crippen molar-refractivity contribution in [2.45, 2.75) is 30.8 Å². The summed E-state index contributed by atoms with van der Waals surface area (Å²) in [5, 5.41) is 5.57. The average molecular weight is 587 g/mol. The highest BCUT2D eigenvalue weighted by Crippen LogP contribution is 2.27. The molecule has 8 nitrogen and oxygen atoms in total. The fraction of sp³-hybridized carbons (Fsp3) is 0.259. The van der Waals surface area contributed by atoms with Crippen LogP contribution in [0.2, 0.25) is 0 Å². The van der Waals surface area contributed by atoms with E-state index >= 15 is 0 Å². The van der Waals surface area contributed by atoms with E-state index < -0.39 is 22.5 Å². The molecule has 0 bridgehead atoms. The van der Waals surface area contributed by atoms with Gasteiger partial charge in [-0.2, -0.15) is 0 Å². The number of sulfonamides is 1. The van der Waals surface area contributed by atoms with E-state index in [0.29, 0.717) is 29.0 Å². The molecule has 0 radical (unpaired) electrons. The van der Waals surface area contributed by atoms with Gasteiger partial charge in [0, 0.05) is 17.6 Å². The van der Waals surface area contributed by atoms with Gasteiger partial charge in [0.15, 0.2) is 0 Å². The highest BCUT2D eigenvalue weighted by atomic mass is 79.9. The fourth-order valence-electron chi connectivity index (χ4n) is 4.00. The number of carbonyl (C=O) groups is 2. The highest BCUT2D eigenvalue weighted by molar-refractivity contribution is 9.10. The van der Waals surface area contributed by atoms with Crippen LogP contribution in [0.15, 0.2) is 82.2 Å². The third-order valence-electron chi connectivity index (χ3n) is 5.95. The molecule has 0 aromatic heterocycles. The number of hydrogen-bond acceptors (Lipinski definition) is 5. The standard InChI is InChI=1S/C27H28BrN3O5S/c1-19-11-13-23(14-12-19)37(34,35)31(21-7-4-6-20(28)16-21)18-26(32)30-25-10-3-2-9-24(25)27(33)29-17-22-8-5-15-36-22/h2-4,6-7,9-14,16,22H,5,8,15,17-18H2,1H3,(H,29,33)(H,30,32)/t22-/m0/s1. The van der Waals surface area contributed by atoms with Crippen LogP contribution in [-0.2, 0) is 19.6 Å². The first-order valence-electron chi connectivity index (χ1n) is 11.9. The van der Waals surface area contributed by atoms with Gasteiger partial charge in [-0.15, -0.1) is 0 Å². The molecule has 194 valence electrons. The molecule has 37 heavy (non-hydrogen) atoms. The molecule has 1 saturated heterocycles. The summed E-state index contributed by atoms with van der Waals surface area (Å²) in [7, 11) is -4.06.